The van der Waals surface area contributed by atoms with Crippen molar-refractivity contribution in [3.63, 3.8) is 0 Å². The van der Waals surface area contributed by atoms with Crippen molar-refractivity contribution in [1.29, 1.82) is 0 Å². The molecule has 0 radical (unpaired) electrons. The Labute approximate surface area is 141 Å². The van der Waals surface area contributed by atoms with Gasteiger partial charge in [0.05, 0.1) is 19.3 Å². The molecule has 0 unspecified atom stereocenters. The van der Waals surface area contributed by atoms with Gasteiger partial charge in [0, 0.05) is 25.2 Å². The lowest BCUT2D eigenvalue weighted by molar-refractivity contribution is 0.0162. The third-order valence-electron chi connectivity index (χ3n) is 4.21. The number of hydrogen-bond donors (Lipinski definition) is 1. The monoisotopic (exact) mass is 328 g/mol. The van der Waals surface area contributed by atoms with Crippen LogP contribution in [-0.4, -0.2) is 43.7 Å². The van der Waals surface area contributed by atoms with Crippen molar-refractivity contribution in [2.45, 2.75) is 6.04 Å². The summed E-state index contributed by atoms with van der Waals surface area (Å²) >= 11 is 0. The number of nitrogens with one attached hydrogen (secondary N) is 1. The minimum absolute atomic E-state index is 0.0765. The maximum absolute atomic E-state index is 13.3. The van der Waals surface area contributed by atoms with Crippen LogP contribution in [0.25, 0.3) is 0 Å². The van der Waals surface area contributed by atoms with Crippen molar-refractivity contribution < 1.29 is 13.9 Å². The van der Waals surface area contributed by atoms with Gasteiger partial charge in [0.1, 0.15) is 5.82 Å². The normalized spacial score (nSPS) is 16.5. The Hall–Kier alpha value is -2.24. The third-order valence-corrected chi connectivity index (χ3v) is 4.21. The van der Waals surface area contributed by atoms with Gasteiger partial charge in [-0.25, -0.2) is 4.39 Å². The molecule has 0 saturated carbocycles. The fourth-order valence-electron chi connectivity index (χ4n) is 2.94. The first-order chi connectivity index (χ1) is 11.7. The summed E-state index contributed by atoms with van der Waals surface area (Å²) in [5, 5.41) is 2.93. The SMILES string of the molecule is O=C(NC[C@H](c1ccccc1)N1CCOCC1)c1cccc(F)c1. The Morgan fingerprint density at radius 3 is 2.58 bits per heavy atom. The van der Waals surface area contributed by atoms with Gasteiger partial charge in [-0.3, -0.25) is 9.69 Å². The molecule has 0 spiro atoms. The van der Waals surface area contributed by atoms with Crippen LogP contribution in [0.4, 0.5) is 4.39 Å². The molecule has 1 saturated heterocycles. The fraction of sp³-hybridized carbons (Fsp3) is 0.316. The van der Waals surface area contributed by atoms with Crippen LogP contribution in [0.2, 0.25) is 0 Å². The molecular formula is C19H21FN2O2. The van der Waals surface area contributed by atoms with Gasteiger partial charge in [-0.05, 0) is 23.8 Å². The minimum Gasteiger partial charge on any atom is -0.379 e. The number of hydrogen-bond acceptors (Lipinski definition) is 3. The number of benzene rings is 2. The third kappa shape index (κ3) is 4.19. The van der Waals surface area contributed by atoms with E-state index in [-0.39, 0.29) is 11.9 Å². The van der Waals surface area contributed by atoms with E-state index in [2.05, 4.69) is 22.3 Å². The Bertz CT molecular complexity index is 672. The second-order valence-corrected chi connectivity index (χ2v) is 5.80. The highest BCUT2D eigenvalue weighted by Crippen LogP contribution is 2.21. The standard InChI is InChI=1S/C19H21FN2O2/c20-17-8-4-7-16(13-17)19(23)21-14-18(15-5-2-1-3-6-15)22-9-11-24-12-10-22/h1-8,13,18H,9-12,14H2,(H,21,23)/t18-/m1/s1. The maximum Gasteiger partial charge on any atom is 0.251 e. The van der Waals surface area contributed by atoms with Crippen LogP contribution >= 0.6 is 0 Å². The van der Waals surface area contributed by atoms with E-state index in [0.717, 1.165) is 18.7 Å². The van der Waals surface area contributed by atoms with Gasteiger partial charge in [0.15, 0.2) is 0 Å². The van der Waals surface area contributed by atoms with Gasteiger partial charge in [-0.15, -0.1) is 0 Å². The van der Waals surface area contributed by atoms with Crippen molar-refractivity contribution in [2.75, 3.05) is 32.8 Å². The highest BCUT2D eigenvalue weighted by molar-refractivity contribution is 5.94. The summed E-state index contributed by atoms with van der Waals surface area (Å²) in [7, 11) is 0. The molecule has 0 bridgehead atoms. The van der Waals surface area contributed by atoms with E-state index in [1.165, 1.54) is 12.1 Å². The molecule has 1 atom stereocenters. The quantitative estimate of drug-likeness (QED) is 0.917. The van der Waals surface area contributed by atoms with Crippen LogP contribution < -0.4 is 5.32 Å². The Balaban J connectivity index is 1.71. The maximum atomic E-state index is 13.3. The summed E-state index contributed by atoms with van der Waals surface area (Å²) in [6, 6.07) is 15.9. The molecule has 1 N–H and O–H groups in total. The molecule has 2 aromatic carbocycles. The molecule has 126 valence electrons. The minimum atomic E-state index is -0.407. The molecule has 0 aromatic heterocycles. The number of nitrogens with zero attached hydrogens (tertiary/aromatic N) is 1. The predicted octanol–water partition coefficient (Wildman–Crippen LogP) is 2.63. The zero-order valence-electron chi connectivity index (χ0n) is 13.5. The van der Waals surface area contributed by atoms with Crippen molar-refractivity contribution in [1.82, 2.24) is 10.2 Å². The number of carbonyl (C=O) groups is 1. The average Bonchev–Trinajstić information content (AvgIpc) is 2.63. The lowest BCUT2D eigenvalue weighted by Gasteiger charge is -2.35. The molecule has 1 amide bonds. The average molecular weight is 328 g/mol. The number of morpholine rings is 1. The number of halogens is 1. The van der Waals surface area contributed by atoms with Crippen molar-refractivity contribution in [2.24, 2.45) is 0 Å². The smallest absolute Gasteiger partial charge is 0.251 e. The molecule has 1 aliphatic heterocycles. The lowest BCUT2D eigenvalue weighted by atomic mass is 10.0. The zero-order chi connectivity index (χ0) is 16.8. The van der Waals surface area contributed by atoms with Crippen LogP contribution in [0.5, 0.6) is 0 Å². The van der Waals surface area contributed by atoms with Gasteiger partial charge in [-0.1, -0.05) is 36.4 Å². The largest absolute Gasteiger partial charge is 0.379 e. The van der Waals surface area contributed by atoms with E-state index in [0.29, 0.717) is 25.3 Å². The first-order valence-electron chi connectivity index (χ1n) is 8.14. The topological polar surface area (TPSA) is 41.6 Å². The molecule has 1 heterocycles. The van der Waals surface area contributed by atoms with Crippen molar-refractivity contribution in [3.05, 3.63) is 71.5 Å². The number of rotatable bonds is 5. The van der Waals surface area contributed by atoms with E-state index >= 15 is 0 Å². The van der Waals surface area contributed by atoms with E-state index in [1.54, 1.807) is 12.1 Å². The first-order valence-corrected chi connectivity index (χ1v) is 8.14. The zero-order valence-corrected chi connectivity index (χ0v) is 13.5. The molecule has 2 aromatic rings. The van der Waals surface area contributed by atoms with E-state index in [1.807, 2.05) is 18.2 Å². The lowest BCUT2D eigenvalue weighted by Crippen LogP contribution is -2.43. The van der Waals surface area contributed by atoms with Gasteiger partial charge in [-0.2, -0.15) is 0 Å². The molecule has 4 nitrogen and oxygen atoms in total. The summed E-state index contributed by atoms with van der Waals surface area (Å²) in [6.45, 7) is 3.52. The summed E-state index contributed by atoms with van der Waals surface area (Å²) in [5.74, 6) is -0.667. The highest BCUT2D eigenvalue weighted by Gasteiger charge is 2.23. The van der Waals surface area contributed by atoms with Crippen LogP contribution in [0.15, 0.2) is 54.6 Å². The molecular weight excluding hydrogens is 307 g/mol. The second-order valence-electron chi connectivity index (χ2n) is 5.80. The van der Waals surface area contributed by atoms with Crippen LogP contribution in [0.1, 0.15) is 22.0 Å². The summed E-state index contributed by atoms with van der Waals surface area (Å²) in [4.78, 5) is 14.6. The van der Waals surface area contributed by atoms with Gasteiger partial charge in [0.2, 0.25) is 0 Å². The Kier molecular flexibility index (Phi) is 5.56. The first kappa shape index (κ1) is 16.6. The van der Waals surface area contributed by atoms with Crippen LogP contribution in [0, 0.1) is 5.82 Å². The highest BCUT2D eigenvalue weighted by atomic mass is 19.1. The van der Waals surface area contributed by atoms with E-state index in [4.69, 9.17) is 4.74 Å². The summed E-state index contributed by atoms with van der Waals surface area (Å²) in [6.07, 6.45) is 0. The molecule has 0 aliphatic carbocycles. The summed E-state index contributed by atoms with van der Waals surface area (Å²) in [5.41, 5.74) is 1.49. The van der Waals surface area contributed by atoms with E-state index < -0.39 is 5.82 Å². The van der Waals surface area contributed by atoms with Gasteiger partial charge >= 0.3 is 0 Å². The van der Waals surface area contributed by atoms with Gasteiger partial charge in [0.25, 0.3) is 5.91 Å². The molecule has 5 heteroatoms. The van der Waals surface area contributed by atoms with Crippen molar-refractivity contribution >= 4 is 5.91 Å². The summed E-state index contributed by atoms with van der Waals surface area (Å²) < 4.78 is 18.7. The fourth-order valence-corrected chi connectivity index (χ4v) is 2.94. The molecule has 24 heavy (non-hydrogen) atoms. The Morgan fingerprint density at radius 1 is 1.12 bits per heavy atom. The molecule has 1 fully saturated rings. The van der Waals surface area contributed by atoms with Crippen LogP contribution in [-0.2, 0) is 4.74 Å². The molecule has 3 rings (SSSR count). The number of carbonyl (C=O) groups excluding carboxylic acids is 1. The number of ether oxygens (including phenoxy) is 1. The van der Waals surface area contributed by atoms with Crippen LogP contribution in [0.3, 0.4) is 0 Å². The molecule has 1 aliphatic rings. The number of amides is 1. The van der Waals surface area contributed by atoms with E-state index in [9.17, 15) is 9.18 Å². The van der Waals surface area contributed by atoms with Gasteiger partial charge < -0.3 is 10.1 Å². The predicted molar refractivity (Wildman–Crippen MR) is 90.3 cm³/mol. The Morgan fingerprint density at radius 2 is 1.88 bits per heavy atom. The van der Waals surface area contributed by atoms with Crippen molar-refractivity contribution in [3.8, 4) is 0 Å². The second kappa shape index (κ2) is 8.04.